The van der Waals surface area contributed by atoms with Crippen molar-refractivity contribution in [3.05, 3.63) is 30.1 Å². The number of fused-ring (bicyclic) bond motifs is 1. The summed E-state index contributed by atoms with van der Waals surface area (Å²) in [6, 6.07) is 4.14. The van der Waals surface area contributed by atoms with Crippen LogP contribution in [-0.2, 0) is 6.54 Å². The van der Waals surface area contributed by atoms with E-state index < -0.39 is 0 Å². The number of hydrogen-bond donors (Lipinski definition) is 2. The number of aromatic nitrogens is 2. The molecule has 2 unspecified atom stereocenters. The number of likely N-dealkylation sites (tertiary alicyclic amines) is 1. The normalized spacial score (nSPS) is 24.9. The van der Waals surface area contributed by atoms with Crippen LogP contribution in [0.1, 0.15) is 18.9 Å². The molecule has 102 valence electrons. The third kappa shape index (κ3) is 2.51. The van der Waals surface area contributed by atoms with E-state index in [-0.39, 0.29) is 0 Å². The Hall–Kier alpha value is -1.39. The fourth-order valence-corrected chi connectivity index (χ4v) is 3.06. The molecule has 0 aromatic carbocycles. The summed E-state index contributed by atoms with van der Waals surface area (Å²) in [7, 11) is 0. The second kappa shape index (κ2) is 5.31. The number of rotatable bonds is 3. The SMILES string of the molecule is CC1CCN(Cc2c[nH]c3ncccc23)CC1CN. The van der Waals surface area contributed by atoms with Crippen molar-refractivity contribution in [3.8, 4) is 0 Å². The molecule has 2 aromatic heterocycles. The summed E-state index contributed by atoms with van der Waals surface area (Å²) >= 11 is 0. The standard InChI is InChI=1S/C15H22N4/c1-11-4-6-19(9-12(11)7-16)10-13-8-18-15-14(13)3-2-5-17-15/h2-3,5,8,11-12H,4,6-7,9-10,16H2,1H3,(H,17,18). The van der Waals surface area contributed by atoms with Crippen LogP contribution in [-0.4, -0.2) is 34.5 Å². The maximum absolute atomic E-state index is 5.88. The van der Waals surface area contributed by atoms with E-state index >= 15 is 0 Å². The minimum Gasteiger partial charge on any atom is -0.346 e. The molecule has 1 aliphatic rings. The Labute approximate surface area is 114 Å². The molecule has 1 aliphatic heterocycles. The third-order valence-electron chi connectivity index (χ3n) is 4.43. The summed E-state index contributed by atoms with van der Waals surface area (Å²) in [6.45, 7) is 6.40. The lowest BCUT2D eigenvalue weighted by atomic mass is 9.87. The molecule has 3 N–H and O–H groups in total. The van der Waals surface area contributed by atoms with Crippen LogP contribution in [0.25, 0.3) is 11.0 Å². The van der Waals surface area contributed by atoms with Gasteiger partial charge in [-0.05, 0) is 49.0 Å². The molecule has 0 bridgehead atoms. The van der Waals surface area contributed by atoms with E-state index in [2.05, 4.69) is 34.1 Å². The Balaban J connectivity index is 1.74. The van der Waals surface area contributed by atoms with E-state index in [4.69, 9.17) is 5.73 Å². The Morgan fingerprint density at radius 3 is 3.26 bits per heavy atom. The van der Waals surface area contributed by atoms with Crippen LogP contribution in [0.4, 0.5) is 0 Å². The number of nitrogens with zero attached hydrogens (tertiary/aromatic N) is 2. The molecule has 3 heterocycles. The van der Waals surface area contributed by atoms with Crippen molar-refractivity contribution in [3.63, 3.8) is 0 Å². The minimum atomic E-state index is 0.636. The predicted octanol–water partition coefficient (Wildman–Crippen LogP) is 1.98. The van der Waals surface area contributed by atoms with Gasteiger partial charge in [0.1, 0.15) is 5.65 Å². The van der Waals surface area contributed by atoms with Crippen LogP contribution >= 0.6 is 0 Å². The summed E-state index contributed by atoms with van der Waals surface area (Å²) in [5, 5.41) is 1.24. The smallest absolute Gasteiger partial charge is 0.137 e. The number of nitrogens with one attached hydrogen (secondary N) is 1. The highest BCUT2D eigenvalue weighted by Crippen LogP contribution is 2.25. The first kappa shape index (κ1) is 12.6. The molecule has 2 aromatic rings. The summed E-state index contributed by atoms with van der Waals surface area (Å²) < 4.78 is 0. The zero-order valence-corrected chi connectivity index (χ0v) is 11.5. The minimum absolute atomic E-state index is 0.636. The highest BCUT2D eigenvalue weighted by atomic mass is 15.1. The largest absolute Gasteiger partial charge is 0.346 e. The molecule has 4 nitrogen and oxygen atoms in total. The molecule has 3 rings (SSSR count). The second-order valence-electron chi connectivity index (χ2n) is 5.71. The van der Waals surface area contributed by atoms with Gasteiger partial charge in [-0.2, -0.15) is 0 Å². The van der Waals surface area contributed by atoms with Gasteiger partial charge in [-0.3, -0.25) is 4.90 Å². The number of H-pyrrole nitrogens is 1. The molecular weight excluding hydrogens is 236 g/mol. The lowest BCUT2D eigenvalue weighted by molar-refractivity contribution is 0.126. The maximum atomic E-state index is 5.88. The van der Waals surface area contributed by atoms with E-state index in [1.54, 1.807) is 0 Å². The number of hydrogen-bond acceptors (Lipinski definition) is 3. The number of piperidine rings is 1. The lowest BCUT2D eigenvalue weighted by Gasteiger charge is -2.36. The van der Waals surface area contributed by atoms with Gasteiger partial charge in [-0.1, -0.05) is 6.92 Å². The van der Waals surface area contributed by atoms with E-state index in [0.717, 1.165) is 31.2 Å². The van der Waals surface area contributed by atoms with Crippen LogP contribution in [0.5, 0.6) is 0 Å². The van der Waals surface area contributed by atoms with Crippen molar-refractivity contribution in [2.24, 2.45) is 17.6 Å². The zero-order valence-electron chi connectivity index (χ0n) is 11.5. The molecule has 1 saturated heterocycles. The summed E-state index contributed by atoms with van der Waals surface area (Å²) in [5.41, 5.74) is 8.20. The second-order valence-corrected chi connectivity index (χ2v) is 5.71. The van der Waals surface area contributed by atoms with Crippen molar-refractivity contribution >= 4 is 11.0 Å². The monoisotopic (exact) mass is 258 g/mol. The van der Waals surface area contributed by atoms with Gasteiger partial charge in [0.15, 0.2) is 0 Å². The maximum Gasteiger partial charge on any atom is 0.137 e. The molecule has 0 radical (unpaired) electrons. The molecule has 4 heteroatoms. The van der Waals surface area contributed by atoms with Crippen LogP contribution in [0, 0.1) is 11.8 Å². The first-order valence-electron chi connectivity index (χ1n) is 7.11. The first-order valence-corrected chi connectivity index (χ1v) is 7.11. The highest BCUT2D eigenvalue weighted by Gasteiger charge is 2.25. The average molecular weight is 258 g/mol. The number of aromatic amines is 1. The van der Waals surface area contributed by atoms with Crippen LogP contribution < -0.4 is 5.73 Å². The van der Waals surface area contributed by atoms with Gasteiger partial charge in [0.05, 0.1) is 0 Å². The van der Waals surface area contributed by atoms with E-state index in [1.807, 2.05) is 12.3 Å². The molecule has 1 fully saturated rings. The highest BCUT2D eigenvalue weighted by molar-refractivity contribution is 5.79. The van der Waals surface area contributed by atoms with E-state index in [1.165, 1.54) is 23.9 Å². The Kier molecular flexibility index (Phi) is 3.53. The molecular formula is C15H22N4. The third-order valence-corrected chi connectivity index (χ3v) is 4.43. The van der Waals surface area contributed by atoms with Crippen LogP contribution in [0.2, 0.25) is 0 Å². The lowest BCUT2D eigenvalue weighted by Crippen LogP contribution is -2.42. The summed E-state index contributed by atoms with van der Waals surface area (Å²) in [4.78, 5) is 10.1. The Morgan fingerprint density at radius 2 is 2.42 bits per heavy atom. The molecule has 0 spiro atoms. The van der Waals surface area contributed by atoms with Gasteiger partial charge in [0.2, 0.25) is 0 Å². The average Bonchev–Trinajstić information content (AvgIpc) is 2.84. The van der Waals surface area contributed by atoms with Gasteiger partial charge in [0.25, 0.3) is 0 Å². The fourth-order valence-electron chi connectivity index (χ4n) is 3.06. The number of nitrogens with two attached hydrogens (primary N) is 1. The molecule has 19 heavy (non-hydrogen) atoms. The van der Waals surface area contributed by atoms with Gasteiger partial charge in [-0.25, -0.2) is 4.98 Å². The molecule has 0 saturated carbocycles. The van der Waals surface area contributed by atoms with Crippen molar-refractivity contribution in [2.75, 3.05) is 19.6 Å². The molecule has 0 aliphatic carbocycles. The van der Waals surface area contributed by atoms with E-state index in [9.17, 15) is 0 Å². The van der Waals surface area contributed by atoms with Crippen molar-refractivity contribution in [1.82, 2.24) is 14.9 Å². The first-order chi connectivity index (χ1) is 9.28. The van der Waals surface area contributed by atoms with Crippen molar-refractivity contribution < 1.29 is 0 Å². The Bertz CT molecular complexity index is 548. The summed E-state index contributed by atoms with van der Waals surface area (Å²) in [6.07, 6.45) is 5.17. The molecule has 0 amide bonds. The zero-order chi connectivity index (χ0) is 13.2. The van der Waals surface area contributed by atoms with Gasteiger partial charge >= 0.3 is 0 Å². The fraction of sp³-hybridized carbons (Fsp3) is 0.533. The number of pyridine rings is 1. The predicted molar refractivity (Wildman–Crippen MR) is 77.7 cm³/mol. The topological polar surface area (TPSA) is 57.9 Å². The van der Waals surface area contributed by atoms with Gasteiger partial charge in [-0.15, -0.1) is 0 Å². The van der Waals surface area contributed by atoms with Crippen molar-refractivity contribution in [1.29, 1.82) is 0 Å². The van der Waals surface area contributed by atoms with Gasteiger partial charge < -0.3 is 10.7 Å². The Morgan fingerprint density at radius 1 is 1.53 bits per heavy atom. The summed E-state index contributed by atoms with van der Waals surface area (Å²) in [5.74, 6) is 1.39. The van der Waals surface area contributed by atoms with Crippen LogP contribution in [0.3, 0.4) is 0 Å². The quantitative estimate of drug-likeness (QED) is 0.885. The van der Waals surface area contributed by atoms with Crippen molar-refractivity contribution in [2.45, 2.75) is 19.9 Å². The van der Waals surface area contributed by atoms with Gasteiger partial charge in [0, 0.05) is 30.9 Å². The molecule has 2 atom stereocenters. The van der Waals surface area contributed by atoms with E-state index in [0.29, 0.717) is 5.92 Å². The van der Waals surface area contributed by atoms with Crippen LogP contribution in [0.15, 0.2) is 24.5 Å².